The molecule has 1 rings (SSSR count). The number of nitrogens with one attached hydrogen (secondary N) is 2. The molecule has 0 saturated heterocycles. The Kier molecular flexibility index (Phi) is 10.0. The van der Waals surface area contributed by atoms with Gasteiger partial charge in [-0.3, -0.25) is 14.4 Å². The lowest BCUT2D eigenvalue weighted by atomic mass is 9.99. The molecule has 2 N–H and O–H groups in total. The average Bonchev–Trinajstić information content (AvgIpc) is 3.18. The number of rotatable bonds is 10. The Morgan fingerprint density at radius 3 is 2.29 bits per heavy atom. The highest BCUT2D eigenvalue weighted by Crippen LogP contribution is 2.24. The number of amides is 3. The van der Waals surface area contributed by atoms with Crippen LogP contribution in [0, 0.1) is 11.8 Å². The Labute approximate surface area is 168 Å². The Morgan fingerprint density at radius 2 is 1.79 bits per heavy atom. The lowest BCUT2D eigenvalue weighted by molar-refractivity contribution is -0.145. The minimum absolute atomic E-state index is 0.0682. The molecule has 3 amide bonds. The van der Waals surface area contributed by atoms with Gasteiger partial charge in [-0.25, -0.2) is 4.79 Å². The molecular formula is C19H32BN3O5. The van der Waals surface area contributed by atoms with Crippen molar-refractivity contribution in [3.05, 3.63) is 0 Å². The second kappa shape index (κ2) is 11.7. The summed E-state index contributed by atoms with van der Waals surface area (Å²) in [5.74, 6) is -1.61. The molecule has 0 bridgehead atoms. The molecule has 8 nitrogen and oxygen atoms in total. The van der Waals surface area contributed by atoms with Crippen molar-refractivity contribution in [2.45, 2.75) is 64.5 Å². The largest absolute Gasteiger partial charge is 0.467 e. The predicted molar refractivity (Wildman–Crippen MR) is 106 cm³/mol. The third-order valence-corrected chi connectivity index (χ3v) is 5.07. The SMILES string of the molecule is [B]C(=O)N(C)[C@@H](CC(C)C)C(=O)NCC[C@H](NC(=O)C1CCCC1)C(=O)OC. The van der Waals surface area contributed by atoms with Crippen molar-refractivity contribution in [1.82, 2.24) is 15.5 Å². The summed E-state index contributed by atoms with van der Waals surface area (Å²) in [4.78, 5) is 49.5. The van der Waals surface area contributed by atoms with Crippen LogP contribution in [0.1, 0.15) is 52.4 Å². The molecule has 9 heteroatoms. The van der Waals surface area contributed by atoms with Gasteiger partial charge >= 0.3 is 5.97 Å². The Morgan fingerprint density at radius 1 is 1.18 bits per heavy atom. The van der Waals surface area contributed by atoms with Crippen molar-refractivity contribution in [2.24, 2.45) is 11.8 Å². The lowest BCUT2D eigenvalue weighted by Gasteiger charge is -2.28. The van der Waals surface area contributed by atoms with E-state index in [-0.39, 0.29) is 36.6 Å². The number of nitrogens with zero attached hydrogens (tertiary/aromatic N) is 1. The van der Waals surface area contributed by atoms with Gasteiger partial charge in [0.15, 0.2) is 5.81 Å². The van der Waals surface area contributed by atoms with Crippen LogP contribution in [0.15, 0.2) is 0 Å². The zero-order valence-corrected chi connectivity index (χ0v) is 17.3. The fraction of sp³-hybridized carbons (Fsp3) is 0.789. The van der Waals surface area contributed by atoms with Crippen LogP contribution in [0.25, 0.3) is 0 Å². The van der Waals surface area contributed by atoms with Crippen LogP contribution >= 0.6 is 0 Å². The zero-order valence-electron chi connectivity index (χ0n) is 17.3. The minimum Gasteiger partial charge on any atom is -0.467 e. The first-order valence-electron chi connectivity index (χ1n) is 9.85. The van der Waals surface area contributed by atoms with E-state index in [0.29, 0.717) is 6.42 Å². The predicted octanol–water partition coefficient (Wildman–Crippen LogP) is 0.976. The maximum atomic E-state index is 12.5. The molecule has 0 aromatic carbocycles. The molecule has 0 aromatic rings. The summed E-state index contributed by atoms with van der Waals surface area (Å²) in [6.45, 7) is 4.05. The van der Waals surface area contributed by atoms with Crippen LogP contribution in [0.4, 0.5) is 4.79 Å². The van der Waals surface area contributed by atoms with Gasteiger partial charge in [0.1, 0.15) is 12.1 Å². The summed E-state index contributed by atoms with van der Waals surface area (Å²) < 4.78 is 4.77. The first kappa shape index (κ1) is 24.0. The molecule has 28 heavy (non-hydrogen) atoms. The van der Waals surface area contributed by atoms with Gasteiger partial charge in [-0.2, -0.15) is 0 Å². The first-order valence-corrected chi connectivity index (χ1v) is 9.85. The van der Waals surface area contributed by atoms with E-state index in [0.717, 1.165) is 25.7 Å². The van der Waals surface area contributed by atoms with E-state index in [1.54, 1.807) is 0 Å². The van der Waals surface area contributed by atoms with Crippen LogP contribution in [-0.4, -0.2) is 69.1 Å². The highest BCUT2D eigenvalue weighted by Gasteiger charge is 2.29. The highest BCUT2D eigenvalue weighted by molar-refractivity contribution is 6.57. The lowest BCUT2D eigenvalue weighted by Crippen LogP contribution is -2.50. The Hall–Kier alpha value is -2.06. The summed E-state index contributed by atoms with van der Waals surface area (Å²) in [5, 5.41) is 5.47. The zero-order chi connectivity index (χ0) is 21.3. The molecule has 0 unspecified atom stereocenters. The van der Waals surface area contributed by atoms with Crippen molar-refractivity contribution in [3.63, 3.8) is 0 Å². The third kappa shape index (κ3) is 7.52. The molecule has 2 atom stereocenters. The van der Waals surface area contributed by atoms with Gasteiger partial charge in [0.25, 0.3) is 0 Å². The van der Waals surface area contributed by atoms with E-state index in [4.69, 9.17) is 12.6 Å². The van der Waals surface area contributed by atoms with Gasteiger partial charge in [0.2, 0.25) is 19.7 Å². The summed E-state index contributed by atoms with van der Waals surface area (Å²) in [6, 6.07) is -1.52. The van der Waals surface area contributed by atoms with E-state index < -0.39 is 23.9 Å². The quantitative estimate of drug-likeness (QED) is 0.425. The Balaban J connectivity index is 2.62. The number of carbonyl (C=O) groups excluding carboxylic acids is 4. The maximum absolute atomic E-state index is 12.5. The number of methoxy groups -OCH3 is 1. The monoisotopic (exact) mass is 393 g/mol. The molecule has 0 spiro atoms. The first-order chi connectivity index (χ1) is 13.2. The van der Waals surface area contributed by atoms with E-state index in [9.17, 15) is 19.2 Å². The van der Waals surface area contributed by atoms with Crippen LogP contribution in [0.5, 0.6) is 0 Å². The van der Waals surface area contributed by atoms with Crippen LogP contribution in [-0.2, 0) is 19.1 Å². The van der Waals surface area contributed by atoms with Gasteiger partial charge in [-0.05, 0) is 31.6 Å². The number of carbonyl (C=O) groups is 4. The van der Waals surface area contributed by atoms with Crippen molar-refractivity contribution in [2.75, 3.05) is 20.7 Å². The highest BCUT2D eigenvalue weighted by atomic mass is 16.5. The van der Waals surface area contributed by atoms with Gasteiger partial charge in [0, 0.05) is 19.5 Å². The molecule has 1 saturated carbocycles. The van der Waals surface area contributed by atoms with E-state index in [1.807, 2.05) is 13.8 Å². The standard InChI is InChI=1S/C19H32BN3O5/c1-12(2)11-15(23(3)19(20)27)17(25)21-10-9-14(18(26)28-4)22-16(24)13-7-5-6-8-13/h12-15H,5-11H2,1-4H3,(H,21,25)(H,22,24)/t14-,15-/m0/s1. The molecule has 1 aliphatic carbocycles. The van der Waals surface area contributed by atoms with E-state index in [2.05, 4.69) is 10.6 Å². The van der Waals surface area contributed by atoms with Crippen molar-refractivity contribution in [3.8, 4) is 0 Å². The van der Waals surface area contributed by atoms with Gasteiger partial charge < -0.3 is 20.3 Å². The second-order valence-electron chi connectivity index (χ2n) is 7.74. The number of esters is 1. The third-order valence-electron chi connectivity index (χ3n) is 5.07. The second-order valence-corrected chi connectivity index (χ2v) is 7.74. The molecule has 1 fully saturated rings. The summed E-state index contributed by atoms with van der Waals surface area (Å²) in [7, 11) is 8.04. The summed E-state index contributed by atoms with van der Waals surface area (Å²) >= 11 is 0. The topological polar surface area (TPSA) is 105 Å². The molecule has 0 heterocycles. The van der Waals surface area contributed by atoms with E-state index in [1.165, 1.54) is 19.1 Å². The van der Waals surface area contributed by atoms with Crippen molar-refractivity contribution in [1.29, 1.82) is 0 Å². The minimum atomic E-state index is -0.823. The van der Waals surface area contributed by atoms with Crippen molar-refractivity contribution >= 4 is 31.4 Å². The molecule has 2 radical (unpaired) electrons. The molecule has 0 aliphatic heterocycles. The van der Waals surface area contributed by atoms with Gasteiger partial charge in [-0.1, -0.05) is 26.7 Å². The summed E-state index contributed by atoms with van der Waals surface area (Å²) in [6.07, 6.45) is 4.35. The number of hydrogen-bond donors (Lipinski definition) is 2. The van der Waals surface area contributed by atoms with Gasteiger partial charge in [-0.15, -0.1) is 0 Å². The van der Waals surface area contributed by atoms with Crippen molar-refractivity contribution < 1.29 is 23.9 Å². The maximum Gasteiger partial charge on any atom is 0.328 e. The van der Waals surface area contributed by atoms with Crippen LogP contribution < -0.4 is 10.6 Å². The molecule has 1 aliphatic rings. The average molecular weight is 393 g/mol. The van der Waals surface area contributed by atoms with Crippen LogP contribution in [0.2, 0.25) is 0 Å². The fourth-order valence-electron chi connectivity index (χ4n) is 3.37. The van der Waals surface area contributed by atoms with Gasteiger partial charge in [0.05, 0.1) is 7.11 Å². The fourth-order valence-corrected chi connectivity index (χ4v) is 3.37. The number of ether oxygens (including phenoxy) is 1. The molecule has 0 aromatic heterocycles. The number of likely N-dealkylation sites (N-methyl/N-ethyl adjacent to an activating group) is 1. The normalized spacial score (nSPS) is 16.3. The molecule has 156 valence electrons. The smallest absolute Gasteiger partial charge is 0.328 e. The number of hydrogen-bond acceptors (Lipinski definition) is 5. The Bertz CT molecular complexity index is 564. The van der Waals surface area contributed by atoms with Crippen LogP contribution in [0.3, 0.4) is 0 Å². The molecular weight excluding hydrogens is 361 g/mol. The van der Waals surface area contributed by atoms with E-state index >= 15 is 0 Å². The summed E-state index contributed by atoms with van der Waals surface area (Å²) in [5.41, 5.74) is 0.